The third-order valence-electron chi connectivity index (χ3n) is 4.48. The first-order valence-electron chi connectivity index (χ1n) is 8.49. The van der Waals surface area contributed by atoms with Crippen molar-refractivity contribution in [3.63, 3.8) is 0 Å². The molecule has 27 heavy (non-hydrogen) atoms. The number of halogens is 2. The number of hydrogen-bond donors (Lipinski definition) is 0. The van der Waals surface area contributed by atoms with Gasteiger partial charge in [-0.05, 0) is 35.7 Å². The maximum atomic E-state index is 13.8. The number of rotatable bonds is 3. The standard InChI is InChI=1S/C19H16F2N4OS/c20-13-3-4-14(15(21)12-13)19(26)25-9-7-24(8-10-25)18-6-5-16(22-23-18)17-2-1-11-27-17/h1-6,11-12H,7-10H2. The third kappa shape index (κ3) is 3.66. The fourth-order valence-corrected chi connectivity index (χ4v) is 3.71. The maximum absolute atomic E-state index is 13.8. The van der Waals surface area contributed by atoms with Crippen molar-refractivity contribution in [1.29, 1.82) is 0 Å². The van der Waals surface area contributed by atoms with Crippen molar-refractivity contribution in [2.45, 2.75) is 0 Å². The summed E-state index contributed by atoms with van der Waals surface area (Å²) >= 11 is 1.61. The van der Waals surface area contributed by atoms with Crippen LogP contribution in [0.1, 0.15) is 10.4 Å². The van der Waals surface area contributed by atoms with Crippen molar-refractivity contribution in [2.24, 2.45) is 0 Å². The molecule has 3 heterocycles. The summed E-state index contributed by atoms with van der Waals surface area (Å²) < 4.78 is 26.9. The molecule has 0 radical (unpaired) electrons. The second-order valence-corrected chi connectivity index (χ2v) is 7.11. The molecule has 1 aliphatic rings. The van der Waals surface area contributed by atoms with E-state index in [1.165, 1.54) is 6.07 Å². The molecule has 138 valence electrons. The van der Waals surface area contributed by atoms with Gasteiger partial charge in [-0.15, -0.1) is 21.5 Å². The maximum Gasteiger partial charge on any atom is 0.256 e. The van der Waals surface area contributed by atoms with Crippen molar-refractivity contribution < 1.29 is 13.6 Å². The summed E-state index contributed by atoms with van der Waals surface area (Å²) in [6, 6.07) is 10.8. The lowest BCUT2D eigenvalue weighted by Gasteiger charge is -2.35. The summed E-state index contributed by atoms with van der Waals surface area (Å²) in [7, 11) is 0. The Hall–Kier alpha value is -2.87. The van der Waals surface area contributed by atoms with E-state index in [0.717, 1.165) is 28.5 Å². The number of benzene rings is 1. The van der Waals surface area contributed by atoms with Gasteiger partial charge in [0.2, 0.25) is 0 Å². The van der Waals surface area contributed by atoms with Crippen LogP contribution in [0.15, 0.2) is 47.8 Å². The van der Waals surface area contributed by atoms with E-state index in [2.05, 4.69) is 10.2 Å². The van der Waals surface area contributed by atoms with Gasteiger partial charge >= 0.3 is 0 Å². The lowest BCUT2D eigenvalue weighted by atomic mass is 10.1. The quantitative estimate of drug-likeness (QED) is 0.692. The van der Waals surface area contributed by atoms with Gasteiger partial charge in [-0.1, -0.05) is 6.07 Å². The van der Waals surface area contributed by atoms with Crippen molar-refractivity contribution in [3.05, 3.63) is 65.0 Å². The van der Waals surface area contributed by atoms with Gasteiger partial charge < -0.3 is 9.80 Å². The number of thiophene rings is 1. The van der Waals surface area contributed by atoms with Crippen LogP contribution in [0.2, 0.25) is 0 Å². The molecular weight excluding hydrogens is 370 g/mol. The highest BCUT2D eigenvalue weighted by atomic mass is 32.1. The molecule has 1 amide bonds. The molecule has 0 spiro atoms. The number of anilines is 1. The van der Waals surface area contributed by atoms with Crippen LogP contribution in [-0.2, 0) is 0 Å². The summed E-state index contributed by atoms with van der Waals surface area (Å²) in [5, 5.41) is 10.5. The van der Waals surface area contributed by atoms with Gasteiger partial charge in [-0.25, -0.2) is 8.78 Å². The Labute approximate surface area is 158 Å². The smallest absolute Gasteiger partial charge is 0.256 e. The first-order valence-corrected chi connectivity index (χ1v) is 9.36. The highest BCUT2D eigenvalue weighted by Gasteiger charge is 2.25. The van der Waals surface area contributed by atoms with Crippen molar-refractivity contribution in [3.8, 4) is 10.6 Å². The number of aromatic nitrogens is 2. The van der Waals surface area contributed by atoms with Crippen LogP contribution in [-0.4, -0.2) is 47.2 Å². The highest BCUT2D eigenvalue weighted by Crippen LogP contribution is 2.23. The van der Waals surface area contributed by atoms with Crippen LogP contribution >= 0.6 is 11.3 Å². The highest BCUT2D eigenvalue weighted by molar-refractivity contribution is 7.13. The van der Waals surface area contributed by atoms with Crippen molar-refractivity contribution in [2.75, 3.05) is 31.1 Å². The topological polar surface area (TPSA) is 49.3 Å². The second-order valence-electron chi connectivity index (χ2n) is 6.16. The molecule has 1 aromatic carbocycles. The number of carbonyl (C=O) groups is 1. The Morgan fingerprint density at radius 1 is 1.00 bits per heavy atom. The van der Waals surface area contributed by atoms with Gasteiger partial charge in [0.05, 0.1) is 10.4 Å². The minimum atomic E-state index is -0.836. The molecule has 3 aromatic rings. The van der Waals surface area contributed by atoms with Gasteiger partial charge in [0.15, 0.2) is 5.82 Å². The molecule has 1 fully saturated rings. The molecule has 0 atom stereocenters. The number of hydrogen-bond acceptors (Lipinski definition) is 5. The SMILES string of the molecule is O=C(c1ccc(F)cc1F)N1CCN(c2ccc(-c3cccs3)nn2)CC1. The van der Waals surface area contributed by atoms with Crippen LogP contribution in [0, 0.1) is 11.6 Å². The van der Waals surface area contributed by atoms with Crippen molar-refractivity contribution in [1.82, 2.24) is 15.1 Å². The minimum Gasteiger partial charge on any atom is -0.352 e. The average molecular weight is 386 g/mol. The van der Waals surface area contributed by atoms with Gasteiger partial charge in [0, 0.05) is 32.2 Å². The van der Waals surface area contributed by atoms with E-state index < -0.39 is 17.5 Å². The monoisotopic (exact) mass is 386 g/mol. The number of amides is 1. The predicted octanol–water partition coefficient (Wildman–Crippen LogP) is 3.45. The first-order chi connectivity index (χ1) is 13.1. The molecule has 1 saturated heterocycles. The van der Waals surface area contributed by atoms with E-state index in [-0.39, 0.29) is 5.56 Å². The summed E-state index contributed by atoms with van der Waals surface area (Å²) in [6.07, 6.45) is 0. The van der Waals surface area contributed by atoms with E-state index in [4.69, 9.17) is 0 Å². The van der Waals surface area contributed by atoms with E-state index in [9.17, 15) is 13.6 Å². The predicted molar refractivity (Wildman–Crippen MR) is 99.8 cm³/mol. The van der Waals surface area contributed by atoms with E-state index in [1.807, 2.05) is 34.5 Å². The largest absolute Gasteiger partial charge is 0.352 e. The minimum absolute atomic E-state index is 0.107. The Bertz CT molecular complexity index is 939. The van der Waals surface area contributed by atoms with Gasteiger partial charge in [-0.3, -0.25) is 4.79 Å². The zero-order chi connectivity index (χ0) is 18.8. The summed E-state index contributed by atoms with van der Waals surface area (Å²) in [4.78, 5) is 17.1. The second kappa shape index (κ2) is 7.40. The van der Waals surface area contributed by atoms with Gasteiger partial charge in [-0.2, -0.15) is 0 Å². The molecule has 1 aliphatic heterocycles. The molecule has 0 bridgehead atoms. The Morgan fingerprint density at radius 3 is 2.44 bits per heavy atom. The van der Waals surface area contributed by atoms with E-state index >= 15 is 0 Å². The third-order valence-corrected chi connectivity index (χ3v) is 5.37. The molecular formula is C19H16F2N4OS. The number of nitrogens with zero attached hydrogens (tertiary/aromatic N) is 4. The molecule has 0 N–H and O–H groups in total. The zero-order valence-electron chi connectivity index (χ0n) is 14.3. The molecule has 0 unspecified atom stereocenters. The molecule has 8 heteroatoms. The molecule has 5 nitrogen and oxygen atoms in total. The first kappa shape index (κ1) is 17.5. The van der Waals surface area contributed by atoms with Crippen LogP contribution in [0.5, 0.6) is 0 Å². The van der Waals surface area contributed by atoms with Crippen molar-refractivity contribution >= 4 is 23.1 Å². The molecule has 2 aromatic heterocycles. The fourth-order valence-electron chi connectivity index (χ4n) is 3.02. The van der Waals surface area contributed by atoms with Crippen LogP contribution in [0.3, 0.4) is 0 Å². The zero-order valence-corrected chi connectivity index (χ0v) is 15.1. The lowest BCUT2D eigenvalue weighted by Crippen LogP contribution is -2.49. The number of carbonyl (C=O) groups excluding carboxylic acids is 1. The molecule has 0 saturated carbocycles. The van der Waals surface area contributed by atoms with Gasteiger partial charge in [0.1, 0.15) is 17.3 Å². The number of piperazine rings is 1. The molecule has 4 rings (SSSR count). The molecule has 0 aliphatic carbocycles. The van der Waals surface area contributed by atoms with E-state index in [1.54, 1.807) is 16.2 Å². The fraction of sp³-hybridized carbons (Fsp3) is 0.211. The normalized spacial score (nSPS) is 14.4. The van der Waals surface area contributed by atoms with Gasteiger partial charge in [0.25, 0.3) is 5.91 Å². The summed E-state index contributed by atoms with van der Waals surface area (Å²) in [5.74, 6) is -1.21. The summed E-state index contributed by atoms with van der Waals surface area (Å²) in [6.45, 7) is 2.01. The van der Waals surface area contributed by atoms with E-state index in [0.29, 0.717) is 26.2 Å². The van der Waals surface area contributed by atoms with Crippen LogP contribution in [0.25, 0.3) is 10.6 Å². The average Bonchev–Trinajstić information content (AvgIpc) is 3.23. The van der Waals surface area contributed by atoms with Crippen LogP contribution < -0.4 is 4.90 Å². The lowest BCUT2D eigenvalue weighted by molar-refractivity contribution is 0.0741. The summed E-state index contributed by atoms with van der Waals surface area (Å²) in [5.41, 5.74) is 0.722. The Balaban J connectivity index is 1.40. The Morgan fingerprint density at radius 2 is 1.81 bits per heavy atom. The Kier molecular flexibility index (Phi) is 4.81. The van der Waals surface area contributed by atoms with Crippen LogP contribution in [0.4, 0.5) is 14.6 Å².